The summed E-state index contributed by atoms with van der Waals surface area (Å²) in [6.07, 6.45) is 1.46. The van der Waals surface area contributed by atoms with Crippen molar-refractivity contribution in [3.05, 3.63) is 46.7 Å². The molecule has 7 nitrogen and oxygen atoms in total. The Morgan fingerprint density at radius 2 is 1.89 bits per heavy atom. The van der Waals surface area contributed by atoms with Crippen molar-refractivity contribution in [2.75, 3.05) is 37.2 Å². The van der Waals surface area contributed by atoms with Gasteiger partial charge in [-0.15, -0.1) is 11.3 Å². The average molecular weight is 444 g/mol. The van der Waals surface area contributed by atoms with Crippen LogP contribution in [0.3, 0.4) is 0 Å². The van der Waals surface area contributed by atoms with Crippen LogP contribution in [0.2, 0.25) is 0 Å². The summed E-state index contributed by atoms with van der Waals surface area (Å²) in [6.45, 7) is 0.677. The Balaban J connectivity index is 1.73. The molecule has 10 heteroatoms. The first-order valence-electron chi connectivity index (χ1n) is 9.01. The van der Waals surface area contributed by atoms with Crippen LogP contribution >= 0.6 is 11.3 Å². The van der Waals surface area contributed by atoms with E-state index < -0.39 is 20.0 Å². The molecule has 1 N–H and O–H groups in total. The van der Waals surface area contributed by atoms with Crippen LogP contribution in [0.5, 0.6) is 0 Å². The quantitative estimate of drug-likeness (QED) is 0.709. The van der Waals surface area contributed by atoms with E-state index in [4.69, 9.17) is 0 Å². The SMILES string of the molecule is CN(C)[C@@H](CNS(=O)(=O)c1ccc(N2CCCCS2(=O)=O)cc1)c1cccs1. The Labute approximate surface area is 171 Å². The highest BCUT2D eigenvalue weighted by molar-refractivity contribution is 7.92. The molecule has 0 radical (unpaired) electrons. The van der Waals surface area contributed by atoms with E-state index >= 15 is 0 Å². The smallest absolute Gasteiger partial charge is 0.240 e. The topological polar surface area (TPSA) is 86.8 Å². The first-order valence-corrected chi connectivity index (χ1v) is 13.0. The van der Waals surface area contributed by atoms with Crippen molar-refractivity contribution in [2.45, 2.75) is 23.8 Å². The number of likely N-dealkylation sites (N-methyl/N-ethyl adjacent to an activating group) is 1. The molecule has 2 aromatic rings. The second-order valence-electron chi connectivity index (χ2n) is 6.94. The lowest BCUT2D eigenvalue weighted by Gasteiger charge is -2.28. The lowest BCUT2D eigenvalue weighted by atomic mass is 10.2. The third-order valence-corrected chi connectivity index (χ3v) is 9.03. The van der Waals surface area contributed by atoms with Gasteiger partial charge in [0.15, 0.2) is 0 Å². The Morgan fingerprint density at radius 3 is 2.46 bits per heavy atom. The fraction of sp³-hybridized carbons (Fsp3) is 0.444. The highest BCUT2D eigenvalue weighted by Crippen LogP contribution is 2.26. The third-order valence-electron chi connectivity index (χ3n) is 4.75. The second-order valence-corrected chi connectivity index (χ2v) is 11.7. The molecule has 0 unspecified atom stereocenters. The van der Waals surface area contributed by atoms with Gasteiger partial charge in [0.25, 0.3) is 0 Å². The van der Waals surface area contributed by atoms with E-state index in [0.717, 1.165) is 11.3 Å². The molecule has 1 atom stereocenters. The van der Waals surface area contributed by atoms with Crippen molar-refractivity contribution >= 4 is 37.1 Å². The summed E-state index contributed by atoms with van der Waals surface area (Å²) >= 11 is 1.58. The van der Waals surface area contributed by atoms with Crippen LogP contribution in [0.25, 0.3) is 0 Å². The van der Waals surface area contributed by atoms with Gasteiger partial charge in [-0.2, -0.15) is 0 Å². The van der Waals surface area contributed by atoms with E-state index in [9.17, 15) is 16.8 Å². The first kappa shape index (κ1) is 21.3. The molecule has 0 spiro atoms. The molecule has 0 aliphatic carbocycles. The summed E-state index contributed by atoms with van der Waals surface area (Å²) in [7, 11) is -3.19. The van der Waals surface area contributed by atoms with Crippen LogP contribution in [-0.4, -0.2) is 54.7 Å². The highest BCUT2D eigenvalue weighted by atomic mass is 32.2. The van der Waals surface area contributed by atoms with E-state index in [1.165, 1.54) is 16.4 Å². The van der Waals surface area contributed by atoms with E-state index in [-0.39, 0.29) is 23.2 Å². The van der Waals surface area contributed by atoms with Gasteiger partial charge in [-0.3, -0.25) is 4.31 Å². The summed E-state index contributed by atoms with van der Waals surface area (Å²) in [5.41, 5.74) is 0.503. The normalized spacial score (nSPS) is 18.3. The van der Waals surface area contributed by atoms with Crippen molar-refractivity contribution in [3.63, 3.8) is 0 Å². The molecule has 3 rings (SSSR count). The zero-order chi connectivity index (χ0) is 20.4. The van der Waals surface area contributed by atoms with Gasteiger partial charge in [-0.1, -0.05) is 6.07 Å². The standard InChI is InChI=1S/C18H25N3O4S3/c1-20(2)17(18-6-5-12-26-18)14-19-28(24,25)16-9-7-15(8-10-16)21-11-3-4-13-27(21,22)23/h5-10,12,17,19H,3-4,11,13-14H2,1-2H3/t17-/m0/s1. The zero-order valence-electron chi connectivity index (χ0n) is 15.9. The molecular weight excluding hydrogens is 418 g/mol. The van der Waals surface area contributed by atoms with Gasteiger partial charge in [-0.25, -0.2) is 21.6 Å². The lowest BCUT2D eigenvalue weighted by Crippen LogP contribution is -2.37. The molecule has 1 aliphatic heterocycles. The minimum Gasteiger partial charge on any atom is -0.300 e. The van der Waals surface area contributed by atoms with Crippen LogP contribution < -0.4 is 9.03 Å². The number of hydrogen-bond acceptors (Lipinski definition) is 6. The van der Waals surface area contributed by atoms with Gasteiger partial charge in [0.2, 0.25) is 20.0 Å². The molecule has 1 saturated heterocycles. The number of nitrogens with one attached hydrogen (secondary N) is 1. The summed E-state index contributed by atoms with van der Waals surface area (Å²) in [4.78, 5) is 3.17. The van der Waals surface area contributed by atoms with Crippen molar-refractivity contribution in [3.8, 4) is 0 Å². The fourth-order valence-electron chi connectivity index (χ4n) is 3.16. The van der Waals surface area contributed by atoms with E-state index in [1.54, 1.807) is 23.5 Å². The molecule has 1 aliphatic rings. The van der Waals surface area contributed by atoms with Crippen LogP contribution in [0.4, 0.5) is 5.69 Å². The molecule has 1 fully saturated rings. The van der Waals surface area contributed by atoms with Crippen molar-refractivity contribution in [1.29, 1.82) is 0 Å². The highest BCUT2D eigenvalue weighted by Gasteiger charge is 2.26. The van der Waals surface area contributed by atoms with Crippen LogP contribution in [-0.2, 0) is 20.0 Å². The Morgan fingerprint density at radius 1 is 1.18 bits per heavy atom. The summed E-state index contributed by atoms with van der Waals surface area (Å²) in [5.74, 6) is 0.128. The number of rotatable bonds is 7. The Kier molecular flexibility index (Phi) is 6.45. The number of anilines is 1. The maximum Gasteiger partial charge on any atom is 0.240 e. The minimum absolute atomic E-state index is 0.0625. The molecule has 154 valence electrons. The number of hydrogen-bond donors (Lipinski definition) is 1. The zero-order valence-corrected chi connectivity index (χ0v) is 18.4. The Bertz CT molecular complexity index is 985. The number of sulfonamides is 2. The Hall–Kier alpha value is -1.46. The van der Waals surface area contributed by atoms with Gasteiger partial charge >= 0.3 is 0 Å². The summed E-state index contributed by atoms with van der Waals surface area (Å²) < 4.78 is 53.8. The molecule has 1 aromatic carbocycles. The maximum atomic E-state index is 12.7. The van der Waals surface area contributed by atoms with Crippen molar-refractivity contribution < 1.29 is 16.8 Å². The monoisotopic (exact) mass is 443 g/mol. The van der Waals surface area contributed by atoms with Crippen LogP contribution in [0, 0.1) is 0 Å². The summed E-state index contributed by atoms with van der Waals surface area (Å²) in [6, 6.07) is 9.89. The minimum atomic E-state index is -3.70. The van der Waals surface area contributed by atoms with Gasteiger partial charge in [-0.05, 0) is 62.6 Å². The molecule has 0 saturated carbocycles. The van der Waals surface area contributed by atoms with E-state index in [1.807, 2.05) is 36.5 Å². The largest absolute Gasteiger partial charge is 0.300 e. The third kappa shape index (κ3) is 4.74. The van der Waals surface area contributed by atoms with Gasteiger partial charge in [0.1, 0.15) is 0 Å². The molecule has 28 heavy (non-hydrogen) atoms. The predicted molar refractivity (Wildman–Crippen MR) is 113 cm³/mol. The van der Waals surface area contributed by atoms with Crippen LogP contribution in [0.15, 0.2) is 46.7 Å². The van der Waals surface area contributed by atoms with Crippen LogP contribution in [0.1, 0.15) is 23.8 Å². The summed E-state index contributed by atoms with van der Waals surface area (Å²) in [5, 5.41) is 1.97. The molecule has 1 aromatic heterocycles. The van der Waals surface area contributed by atoms with Gasteiger partial charge in [0.05, 0.1) is 22.4 Å². The van der Waals surface area contributed by atoms with Crippen molar-refractivity contribution in [2.24, 2.45) is 0 Å². The van der Waals surface area contributed by atoms with Crippen molar-refractivity contribution in [1.82, 2.24) is 9.62 Å². The van der Waals surface area contributed by atoms with E-state index in [2.05, 4.69) is 4.72 Å². The second kappa shape index (κ2) is 8.50. The molecular formula is C18H25N3O4S3. The van der Waals surface area contributed by atoms with E-state index in [0.29, 0.717) is 18.7 Å². The average Bonchev–Trinajstić information content (AvgIpc) is 3.15. The number of nitrogens with zero attached hydrogens (tertiary/aromatic N) is 2. The molecule has 2 heterocycles. The predicted octanol–water partition coefficient (Wildman–Crippen LogP) is 2.26. The lowest BCUT2D eigenvalue weighted by molar-refractivity contribution is 0.303. The molecule has 0 amide bonds. The first-order chi connectivity index (χ1) is 13.2. The fourth-order valence-corrected chi connectivity index (χ4v) is 6.76. The maximum absolute atomic E-state index is 12.7. The number of thiophene rings is 1. The van der Waals surface area contributed by atoms with Gasteiger partial charge < -0.3 is 4.90 Å². The number of benzene rings is 1. The van der Waals surface area contributed by atoms with Gasteiger partial charge in [0, 0.05) is 18.0 Å². The molecule has 0 bridgehead atoms.